The highest BCUT2D eigenvalue weighted by atomic mass is 32.2. The van der Waals surface area contributed by atoms with Gasteiger partial charge < -0.3 is 5.11 Å². The zero-order chi connectivity index (χ0) is 23.4. The number of imide groups is 1. The standard InChI is InChI=1S/C23H19NO7S/c1-23(2,3)14-9-11-18(17(12-14)22(27)28)32(29,30)31-24-20(25)16-10-8-13-6-4-5-7-15(13)19(16)21(24)26/h4-12H,1-3H3,(H,27,28). The molecule has 0 bridgehead atoms. The molecule has 0 aliphatic carbocycles. The Labute approximate surface area is 184 Å². The summed E-state index contributed by atoms with van der Waals surface area (Å²) in [5, 5.41) is 10.9. The van der Waals surface area contributed by atoms with Gasteiger partial charge in [-0.1, -0.05) is 57.2 Å². The summed E-state index contributed by atoms with van der Waals surface area (Å²) >= 11 is 0. The molecule has 1 aliphatic heterocycles. The van der Waals surface area contributed by atoms with Crippen LogP contribution in [0.3, 0.4) is 0 Å². The molecule has 0 radical (unpaired) electrons. The van der Waals surface area contributed by atoms with Gasteiger partial charge in [-0.3, -0.25) is 9.59 Å². The van der Waals surface area contributed by atoms with Crippen molar-refractivity contribution < 1.29 is 32.2 Å². The number of rotatable bonds is 4. The Morgan fingerprint density at radius 3 is 2.31 bits per heavy atom. The molecule has 3 aromatic rings. The van der Waals surface area contributed by atoms with Crippen molar-refractivity contribution in [3.63, 3.8) is 0 Å². The van der Waals surface area contributed by atoms with E-state index in [1.165, 1.54) is 18.2 Å². The van der Waals surface area contributed by atoms with Gasteiger partial charge >= 0.3 is 16.1 Å². The molecule has 2 amide bonds. The largest absolute Gasteiger partial charge is 0.478 e. The Balaban J connectivity index is 1.76. The van der Waals surface area contributed by atoms with E-state index in [2.05, 4.69) is 0 Å². The van der Waals surface area contributed by atoms with Crippen molar-refractivity contribution in [1.82, 2.24) is 5.06 Å². The van der Waals surface area contributed by atoms with Crippen LogP contribution in [0.25, 0.3) is 10.8 Å². The summed E-state index contributed by atoms with van der Waals surface area (Å²) in [6, 6.07) is 13.7. The van der Waals surface area contributed by atoms with Crippen LogP contribution in [-0.4, -0.2) is 36.4 Å². The number of carboxylic acids is 1. The molecule has 0 fully saturated rings. The van der Waals surface area contributed by atoms with E-state index < -0.39 is 43.8 Å². The number of benzene rings is 3. The van der Waals surface area contributed by atoms with Crippen LogP contribution in [0.15, 0.2) is 59.5 Å². The van der Waals surface area contributed by atoms with Crippen LogP contribution in [0.1, 0.15) is 57.4 Å². The van der Waals surface area contributed by atoms with Crippen LogP contribution < -0.4 is 0 Å². The summed E-state index contributed by atoms with van der Waals surface area (Å²) in [4.78, 5) is 36.8. The van der Waals surface area contributed by atoms with Crippen molar-refractivity contribution in [2.45, 2.75) is 31.1 Å². The first-order valence-corrected chi connectivity index (χ1v) is 11.1. The van der Waals surface area contributed by atoms with Gasteiger partial charge in [0.1, 0.15) is 4.90 Å². The number of amides is 2. The lowest BCUT2D eigenvalue weighted by Crippen LogP contribution is -2.33. The highest BCUT2D eigenvalue weighted by Gasteiger charge is 2.42. The topological polar surface area (TPSA) is 118 Å². The Hall–Kier alpha value is -3.56. The summed E-state index contributed by atoms with van der Waals surface area (Å²) in [7, 11) is -4.82. The molecule has 0 aromatic heterocycles. The number of carboxylic acid groups (broad SMARTS) is 1. The fourth-order valence-corrected chi connectivity index (χ4v) is 4.63. The predicted octanol–water partition coefficient (Wildman–Crippen LogP) is 3.75. The monoisotopic (exact) mass is 453 g/mol. The molecule has 4 rings (SSSR count). The molecular weight excluding hydrogens is 434 g/mol. The zero-order valence-electron chi connectivity index (χ0n) is 17.4. The number of hydrogen-bond donors (Lipinski definition) is 1. The number of nitrogens with zero attached hydrogens (tertiary/aromatic N) is 1. The minimum atomic E-state index is -4.82. The molecule has 164 valence electrons. The maximum atomic E-state index is 12.9. The van der Waals surface area contributed by atoms with Gasteiger partial charge in [-0.15, -0.1) is 9.35 Å². The molecule has 3 aromatic carbocycles. The van der Waals surface area contributed by atoms with Gasteiger partial charge in [0.15, 0.2) is 0 Å². The van der Waals surface area contributed by atoms with Crippen molar-refractivity contribution in [2.24, 2.45) is 0 Å². The van der Waals surface area contributed by atoms with E-state index in [-0.39, 0.29) is 16.2 Å². The average Bonchev–Trinajstić information content (AvgIpc) is 2.97. The van der Waals surface area contributed by atoms with Gasteiger partial charge in [0, 0.05) is 0 Å². The summed E-state index contributed by atoms with van der Waals surface area (Å²) in [6.45, 7) is 5.55. The molecule has 1 heterocycles. The third kappa shape index (κ3) is 3.45. The molecule has 1 aliphatic rings. The first kappa shape index (κ1) is 21.7. The Morgan fingerprint density at radius 2 is 1.66 bits per heavy atom. The Kier molecular flexibility index (Phi) is 4.91. The highest BCUT2D eigenvalue weighted by Crippen LogP contribution is 2.33. The van der Waals surface area contributed by atoms with Crippen LogP contribution in [0.5, 0.6) is 0 Å². The molecule has 0 unspecified atom stereocenters. The molecular formula is C23H19NO7S. The van der Waals surface area contributed by atoms with Crippen molar-refractivity contribution >= 4 is 38.7 Å². The summed E-state index contributed by atoms with van der Waals surface area (Å²) < 4.78 is 30.8. The van der Waals surface area contributed by atoms with Gasteiger partial charge in [0.25, 0.3) is 11.8 Å². The smallest absolute Gasteiger partial charge is 0.337 e. The van der Waals surface area contributed by atoms with E-state index in [4.69, 9.17) is 4.28 Å². The minimum absolute atomic E-state index is 0.00504. The maximum absolute atomic E-state index is 12.9. The fourth-order valence-electron chi connectivity index (χ4n) is 3.57. The number of hydroxylamine groups is 2. The van der Waals surface area contributed by atoms with Gasteiger partial charge in [0.2, 0.25) is 0 Å². The van der Waals surface area contributed by atoms with E-state index in [9.17, 15) is 27.9 Å². The fraction of sp³-hybridized carbons (Fsp3) is 0.174. The number of carbonyl (C=O) groups excluding carboxylic acids is 2. The third-order valence-electron chi connectivity index (χ3n) is 5.26. The van der Waals surface area contributed by atoms with Crippen LogP contribution >= 0.6 is 0 Å². The second kappa shape index (κ2) is 7.25. The number of carbonyl (C=O) groups is 3. The first-order valence-electron chi connectivity index (χ1n) is 9.65. The lowest BCUT2D eigenvalue weighted by molar-refractivity contribution is -0.0103. The highest BCUT2D eigenvalue weighted by molar-refractivity contribution is 7.86. The summed E-state index contributed by atoms with van der Waals surface area (Å²) in [5.74, 6) is -3.36. The maximum Gasteiger partial charge on any atom is 0.337 e. The quantitative estimate of drug-likeness (QED) is 0.598. The number of hydrogen-bond acceptors (Lipinski definition) is 6. The summed E-state index contributed by atoms with van der Waals surface area (Å²) in [5.41, 5.74) is -0.312. The van der Waals surface area contributed by atoms with Crippen LogP contribution in [0, 0.1) is 0 Å². The van der Waals surface area contributed by atoms with Crippen LogP contribution in [0.2, 0.25) is 0 Å². The molecule has 0 spiro atoms. The molecule has 9 heteroatoms. The third-order valence-corrected chi connectivity index (χ3v) is 6.50. The van der Waals surface area contributed by atoms with Crippen LogP contribution in [0.4, 0.5) is 0 Å². The molecule has 8 nitrogen and oxygen atoms in total. The van der Waals surface area contributed by atoms with E-state index >= 15 is 0 Å². The van der Waals surface area contributed by atoms with Gasteiger partial charge in [0.05, 0.1) is 16.7 Å². The van der Waals surface area contributed by atoms with Crippen LogP contribution in [-0.2, 0) is 19.8 Å². The normalized spacial score (nSPS) is 14.2. The van der Waals surface area contributed by atoms with Crippen molar-refractivity contribution in [1.29, 1.82) is 0 Å². The zero-order valence-corrected chi connectivity index (χ0v) is 18.3. The Bertz CT molecular complexity index is 1420. The molecule has 32 heavy (non-hydrogen) atoms. The van der Waals surface area contributed by atoms with Crippen molar-refractivity contribution in [3.8, 4) is 0 Å². The first-order chi connectivity index (χ1) is 14.9. The van der Waals surface area contributed by atoms with E-state index in [1.807, 2.05) is 20.8 Å². The molecule has 0 saturated heterocycles. The Morgan fingerprint density at radius 1 is 0.969 bits per heavy atom. The molecule has 0 saturated carbocycles. The predicted molar refractivity (Wildman–Crippen MR) is 115 cm³/mol. The van der Waals surface area contributed by atoms with Gasteiger partial charge in [-0.2, -0.15) is 8.42 Å². The van der Waals surface area contributed by atoms with Gasteiger partial charge in [-0.05, 0) is 39.9 Å². The SMILES string of the molecule is CC(C)(C)c1ccc(S(=O)(=O)ON2C(=O)c3ccc4ccccc4c3C2=O)c(C(=O)O)c1. The lowest BCUT2D eigenvalue weighted by atomic mass is 9.86. The number of fused-ring (bicyclic) bond motifs is 3. The van der Waals surface area contributed by atoms with Gasteiger partial charge in [-0.25, -0.2) is 4.79 Å². The second-order valence-electron chi connectivity index (χ2n) is 8.41. The molecule has 0 atom stereocenters. The second-order valence-corrected chi connectivity index (χ2v) is 9.91. The van der Waals surface area contributed by atoms with Crippen molar-refractivity contribution in [3.05, 3.63) is 76.9 Å². The van der Waals surface area contributed by atoms with E-state index in [0.717, 1.165) is 6.07 Å². The average molecular weight is 453 g/mol. The minimum Gasteiger partial charge on any atom is -0.478 e. The lowest BCUT2D eigenvalue weighted by Gasteiger charge is -2.21. The summed E-state index contributed by atoms with van der Waals surface area (Å²) in [6.07, 6.45) is 0. The molecule has 1 N–H and O–H groups in total. The van der Waals surface area contributed by atoms with E-state index in [0.29, 0.717) is 16.3 Å². The number of aromatic carboxylic acids is 1. The van der Waals surface area contributed by atoms with Crippen molar-refractivity contribution in [2.75, 3.05) is 0 Å². The van der Waals surface area contributed by atoms with E-state index in [1.54, 1.807) is 30.3 Å².